The predicted molar refractivity (Wildman–Crippen MR) is 92.0 cm³/mol. The van der Waals surface area contributed by atoms with Crippen molar-refractivity contribution >= 4 is 23.8 Å². The summed E-state index contributed by atoms with van der Waals surface area (Å²) < 4.78 is 0. The van der Waals surface area contributed by atoms with Gasteiger partial charge in [-0.15, -0.1) is 0 Å². The van der Waals surface area contributed by atoms with Crippen LogP contribution in [-0.2, 0) is 0 Å². The van der Waals surface area contributed by atoms with E-state index in [4.69, 9.17) is 0 Å². The van der Waals surface area contributed by atoms with Crippen LogP contribution >= 0.6 is 0 Å². The highest BCUT2D eigenvalue weighted by Crippen LogP contribution is 2.18. The number of hydrogen-bond acceptors (Lipinski definition) is 2. The van der Waals surface area contributed by atoms with Crippen LogP contribution in [0.2, 0.25) is 0 Å². The normalized spacial score (nSPS) is 11.7. The van der Waals surface area contributed by atoms with Crippen LogP contribution in [0.1, 0.15) is 22.8 Å². The summed E-state index contributed by atoms with van der Waals surface area (Å²) in [6.07, 6.45) is 3.65. The third kappa shape index (κ3) is 3.61. The van der Waals surface area contributed by atoms with E-state index in [1.807, 2.05) is 74.8 Å². The summed E-state index contributed by atoms with van der Waals surface area (Å²) in [7, 11) is 0. The lowest BCUT2D eigenvalue weighted by Gasteiger charge is -1.95. The Labute approximate surface area is 129 Å². The maximum Gasteiger partial charge on any atom is 0.0632 e. The molecule has 0 unspecified atom stereocenters. The van der Waals surface area contributed by atoms with E-state index in [0.29, 0.717) is 0 Å². The van der Waals surface area contributed by atoms with Crippen LogP contribution in [0.4, 0.5) is 11.4 Å². The second kappa shape index (κ2) is 6.26. The van der Waals surface area contributed by atoms with Gasteiger partial charge in [0.25, 0.3) is 0 Å². The third-order valence-electron chi connectivity index (χ3n) is 3.26. The van der Waals surface area contributed by atoms with Gasteiger partial charge in [-0.3, -0.25) is 9.98 Å². The summed E-state index contributed by atoms with van der Waals surface area (Å²) in [4.78, 5) is 15.3. The zero-order valence-electron chi connectivity index (χ0n) is 12.7. The van der Waals surface area contributed by atoms with Gasteiger partial charge in [0, 0.05) is 11.4 Å². The highest BCUT2D eigenvalue weighted by molar-refractivity contribution is 5.81. The van der Waals surface area contributed by atoms with Crippen molar-refractivity contribution in [3.05, 3.63) is 71.3 Å². The van der Waals surface area contributed by atoms with Gasteiger partial charge >= 0.3 is 0 Å². The molecule has 110 valence electrons. The number of aromatic nitrogens is 2. The molecule has 2 aromatic heterocycles. The van der Waals surface area contributed by atoms with Crippen LogP contribution in [0, 0.1) is 13.8 Å². The number of benzene rings is 1. The molecular formula is C18H18N4. The van der Waals surface area contributed by atoms with E-state index in [-0.39, 0.29) is 0 Å². The fourth-order valence-corrected chi connectivity index (χ4v) is 2.12. The van der Waals surface area contributed by atoms with Crippen molar-refractivity contribution < 1.29 is 0 Å². The molecule has 3 rings (SSSR count). The van der Waals surface area contributed by atoms with E-state index >= 15 is 0 Å². The summed E-state index contributed by atoms with van der Waals surface area (Å²) in [5.74, 6) is 0. The first-order valence-corrected chi connectivity index (χ1v) is 7.18. The van der Waals surface area contributed by atoms with Crippen molar-refractivity contribution in [2.45, 2.75) is 13.8 Å². The molecule has 0 atom stereocenters. The minimum Gasteiger partial charge on any atom is -0.358 e. The molecule has 1 aromatic carbocycles. The number of aliphatic imine (C=N–C) groups is 2. The third-order valence-corrected chi connectivity index (χ3v) is 3.26. The Kier molecular flexibility index (Phi) is 4.01. The number of rotatable bonds is 4. The van der Waals surface area contributed by atoms with Crippen molar-refractivity contribution in [3.63, 3.8) is 0 Å². The molecule has 0 aliphatic rings. The number of H-pyrrole nitrogens is 2. The first-order valence-electron chi connectivity index (χ1n) is 7.18. The second-order valence-corrected chi connectivity index (χ2v) is 5.23. The average molecular weight is 290 g/mol. The van der Waals surface area contributed by atoms with Crippen LogP contribution in [0.3, 0.4) is 0 Å². The molecule has 0 spiro atoms. The molecule has 0 fully saturated rings. The molecule has 0 aliphatic carbocycles. The molecule has 2 N–H and O–H groups in total. The van der Waals surface area contributed by atoms with E-state index in [1.165, 1.54) is 0 Å². The van der Waals surface area contributed by atoms with Crippen LogP contribution in [0.25, 0.3) is 0 Å². The second-order valence-electron chi connectivity index (χ2n) is 5.23. The molecule has 4 nitrogen and oxygen atoms in total. The number of aromatic amines is 2. The Bertz CT molecular complexity index is 734. The first kappa shape index (κ1) is 14.1. The molecule has 0 aliphatic heterocycles. The molecule has 0 bridgehead atoms. The van der Waals surface area contributed by atoms with Gasteiger partial charge in [-0.25, -0.2) is 0 Å². The number of aryl methyl sites for hydroxylation is 2. The molecule has 3 aromatic rings. The van der Waals surface area contributed by atoms with Crippen LogP contribution < -0.4 is 0 Å². The summed E-state index contributed by atoms with van der Waals surface area (Å²) >= 11 is 0. The SMILES string of the molecule is Cc1ccc(C=Nc2ccc(N=Cc3ccc(C)[nH]3)cc2)[nH]1. The zero-order chi connectivity index (χ0) is 15.4. The Morgan fingerprint density at radius 1 is 0.636 bits per heavy atom. The van der Waals surface area contributed by atoms with Crippen molar-refractivity contribution in [1.29, 1.82) is 0 Å². The van der Waals surface area contributed by atoms with Crippen LogP contribution in [0.5, 0.6) is 0 Å². The Balaban J connectivity index is 1.67. The fourth-order valence-electron chi connectivity index (χ4n) is 2.12. The van der Waals surface area contributed by atoms with Crippen LogP contribution in [0.15, 0.2) is 58.5 Å². The van der Waals surface area contributed by atoms with Gasteiger partial charge < -0.3 is 9.97 Å². The maximum absolute atomic E-state index is 4.44. The highest BCUT2D eigenvalue weighted by Gasteiger charge is 1.94. The molecule has 4 heteroatoms. The molecule has 0 radical (unpaired) electrons. The van der Waals surface area contributed by atoms with Crippen molar-refractivity contribution in [2.24, 2.45) is 9.98 Å². The van der Waals surface area contributed by atoms with Crippen molar-refractivity contribution in [2.75, 3.05) is 0 Å². The topological polar surface area (TPSA) is 56.3 Å². The molecule has 0 amide bonds. The minimum atomic E-state index is 0.905. The summed E-state index contributed by atoms with van der Waals surface area (Å²) in [5.41, 5.74) is 6.07. The number of nitrogens with one attached hydrogen (secondary N) is 2. The molecular weight excluding hydrogens is 272 g/mol. The first-order chi connectivity index (χ1) is 10.7. The maximum atomic E-state index is 4.44. The van der Waals surface area contributed by atoms with Crippen molar-refractivity contribution in [3.8, 4) is 0 Å². The number of hydrogen-bond donors (Lipinski definition) is 2. The fraction of sp³-hybridized carbons (Fsp3) is 0.111. The lowest BCUT2D eigenvalue weighted by Crippen LogP contribution is -1.80. The van der Waals surface area contributed by atoms with E-state index in [1.54, 1.807) is 0 Å². The van der Waals surface area contributed by atoms with E-state index in [2.05, 4.69) is 20.0 Å². The zero-order valence-corrected chi connectivity index (χ0v) is 12.7. The highest BCUT2D eigenvalue weighted by atomic mass is 14.8. The molecule has 0 saturated carbocycles. The van der Waals surface area contributed by atoms with Gasteiger partial charge in [-0.1, -0.05) is 0 Å². The standard InChI is InChI=1S/C18H18N4/c1-13-3-5-17(21-13)11-19-15-7-9-16(10-8-15)20-12-18-6-4-14(2)22-18/h3-12,21-22H,1-2H3. The Morgan fingerprint density at radius 2 is 1.05 bits per heavy atom. The van der Waals surface area contributed by atoms with Gasteiger partial charge in [-0.05, 0) is 62.4 Å². The van der Waals surface area contributed by atoms with Crippen molar-refractivity contribution in [1.82, 2.24) is 9.97 Å². The molecule has 2 heterocycles. The van der Waals surface area contributed by atoms with Gasteiger partial charge in [0.15, 0.2) is 0 Å². The average Bonchev–Trinajstić information content (AvgIpc) is 3.12. The largest absolute Gasteiger partial charge is 0.358 e. The quantitative estimate of drug-likeness (QED) is 0.667. The lowest BCUT2D eigenvalue weighted by molar-refractivity contribution is 1.25. The lowest BCUT2D eigenvalue weighted by atomic mass is 10.3. The Morgan fingerprint density at radius 3 is 1.36 bits per heavy atom. The van der Waals surface area contributed by atoms with Gasteiger partial charge in [0.05, 0.1) is 35.2 Å². The van der Waals surface area contributed by atoms with Crippen LogP contribution in [-0.4, -0.2) is 22.4 Å². The van der Waals surface area contributed by atoms with E-state index < -0.39 is 0 Å². The Hall–Kier alpha value is -2.88. The summed E-state index contributed by atoms with van der Waals surface area (Å²) in [5, 5.41) is 0. The molecule has 22 heavy (non-hydrogen) atoms. The molecule has 0 saturated heterocycles. The number of nitrogens with zero attached hydrogens (tertiary/aromatic N) is 2. The predicted octanol–water partition coefficient (Wildman–Crippen LogP) is 4.46. The summed E-state index contributed by atoms with van der Waals surface area (Å²) in [6, 6.07) is 15.9. The van der Waals surface area contributed by atoms with E-state index in [0.717, 1.165) is 34.2 Å². The van der Waals surface area contributed by atoms with E-state index in [9.17, 15) is 0 Å². The minimum absolute atomic E-state index is 0.905. The van der Waals surface area contributed by atoms with Gasteiger partial charge in [0.2, 0.25) is 0 Å². The monoisotopic (exact) mass is 290 g/mol. The van der Waals surface area contributed by atoms with Gasteiger partial charge in [0.1, 0.15) is 0 Å². The smallest absolute Gasteiger partial charge is 0.0632 e. The van der Waals surface area contributed by atoms with Gasteiger partial charge in [-0.2, -0.15) is 0 Å². The summed E-state index contributed by atoms with van der Waals surface area (Å²) in [6.45, 7) is 4.05.